The van der Waals surface area contributed by atoms with Gasteiger partial charge >= 0.3 is 0 Å². The van der Waals surface area contributed by atoms with Crippen LogP contribution in [0.3, 0.4) is 0 Å². The summed E-state index contributed by atoms with van der Waals surface area (Å²) in [5.41, 5.74) is 3.27. The van der Waals surface area contributed by atoms with E-state index in [1.54, 1.807) is 35.6 Å². The second-order valence-electron chi connectivity index (χ2n) is 4.42. The summed E-state index contributed by atoms with van der Waals surface area (Å²) < 4.78 is 28.6. The lowest BCUT2D eigenvalue weighted by Gasteiger charge is -2.11. The minimum Gasteiger partial charge on any atom is -0.323 e. The number of para-hydroxylation sites is 1. The van der Waals surface area contributed by atoms with E-state index in [0.717, 1.165) is 10.1 Å². The van der Waals surface area contributed by atoms with Crippen LogP contribution in [0.4, 0.5) is 11.4 Å². The first-order valence-electron chi connectivity index (χ1n) is 6.16. The Hall–Kier alpha value is -2.09. The highest BCUT2D eigenvalue weighted by atomic mass is 32.2. The molecular weight excluding hydrogens is 306 g/mol. The zero-order valence-corrected chi connectivity index (χ0v) is 12.5. The average molecular weight is 319 g/mol. The zero-order valence-electron chi connectivity index (χ0n) is 10.9. The molecule has 0 aliphatic carbocycles. The van der Waals surface area contributed by atoms with E-state index < -0.39 is 10.0 Å². The predicted molar refractivity (Wildman–Crippen MR) is 86.9 cm³/mol. The zero-order chi connectivity index (χ0) is 14.9. The Kier molecular flexibility index (Phi) is 3.54. The number of anilines is 2. The van der Waals surface area contributed by atoms with Gasteiger partial charge in [-0.1, -0.05) is 12.1 Å². The minimum absolute atomic E-state index is 0.109. The van der Waals surface area contributed by atoms with Crippen LogP contribution in [0.5, 0.6) is 0 Å². The molecule has 21 heavy (non-hydrogen) atoms. The fourth-order valence-electron chi connectivity index (χ4n) is 2.06. The van der Waals surface area contributed by atoms with Crippen molar-refractivity contribution in [2.24, 2.45) is 5.84 Å². The summed E-state index contributed by atoms with van der Waals surface area (Å²) in [4.78, 5) is 0.109. The Morgan fingerprint density at radius 2 is 1.86 bits per heavy atom. The van der Waals surface area contributed by atoms with Gasteiger partial charge < -0.3 is 5.43 Å². The third-order valence-electron chi connectivity index (χ3n) is 3.04. The summed E-state index contributed by atoms with van der Waals surface area (Å²) in [5, 5.41) is 2.97. The molecule has 1 heterocycles. The highest BCUT2D eigenvalue weighted by molar-refractivity contribution is 7.92. The highest BCUT2D eigenvalue weighted by Gasteiger charge is 2.18. The number of nitrogens with two attached hydrogens (primary N) is 1. The molecule has 0 aliphatic heterocycles. The summed E-state index contributed by atoms with van der Waals surface area (Å²) in [6.45, 7) is 0. The van der Waals surface area contributed by atoms with Crippen molar-refractivity contribution in [3.05, 3.63) is 53.9 Å². The van der Waals surface area contributed by atoms with Gasteiger partial charge in [-0.25, -0.2) is 8.42 Å². The van der Waals surface area contributed by atoms with E-state index in [9.17, 15) is 8.42 Å². The third-order valence-corrected chi connectivity index (χ3v) is 5.37. The van der Waals surface area contributed by atoms with Crippen LogP contribution in [0.2, 0.25) is 0 Å². The topological polar surface area (TPSA) is 84.2 Å². The van der Waals surface area contributed by atoms with Crippen molar-refractivity contribution >= 4 is 42.8 Å². The SMILES string of the molecule is NNc1ccccc1S(=O)(=O)Nc1ccc2sccc2c1. The number of hydrazine groups is 1. The van der Waals surface area contributed by atoms with Crippen LogP contribution in [-0.2, 0) is 10.0 Å². The molecule has 1 aromatic heterocycles. The van der Waals surface area contributed by atoms with Crippen molar-refractivity contribution < 1.29 is 8.42 Å². The van der Waals surface area contributed by atoms with Gasteiger partial charge in [-0.2, -0.15) is 0 Å². The van der Waals surface area contributed by atoms with Gasteiger partial charge in [0.1, 0.15) is 4.90 Å². The van der Waals surface area contributed by atoms with Crippen LogP contribution in [0.1, 0.15) is 0 Å². The maximum absolute atomic E-state index is 12.5. The van der Waals surface area contributed by atoms with E-state index in [2.05, 4.69) is 10.1 Å². The molecule has 3 aromatic rings. The second-order valence-corrected chi connectivity index (χ2v) is 7.02. The van der Waals surface area contributed by atoms with Gasteiger partial charge in [0.05, 0.1) is 5.69 Å². The molecule has 4 N–H and O–H groups in total. The molecule has 0 spiro atoms. The van der Waals surface area contributed by atoms with Crippen LogP contribution >= 0.6 is 11.3 Å². The number of benzene rings is 2. The first kappa shape index (κ1) is 13.9. The maximum Gasteiger partial charge on any atom is 0.264 e. The molecule has 0 amide bonds. The summed E-state index contributed by atoms with van der Waals surface area (Å²) in [5.74, 6) is 5.36. The first-order valence-corrected chi connectivity index (χ1v) is 8.52. The van der Waals surface area contributed by atoms with E-state index in [0.29, 0.717) is 11.4 Å². The number of sulfonamides is 1. The number of nitrogen functional groups attached to an aromatic ring is 1. The van der Waals surface area contributed by atoms with Gasteiger partial charge in [0.25, 0.3) is 10.0 Å². The molecule has 0 fully saturated rings. The molecule has 0 atom stereocenters. The van der Waals surface area contributed by atoms with Crippen LogP contribution in [0.15, 0.2) is 58.8 Å². The number of nitrogens with one attached hydrogen (secondary N) is 2. The molecule has 7 heteroatoms. The summed E-state index contributed by atoms with van der Waals surface area (Å²) in [7, 11) is -3.70. The summed E-state index contributed by atoms with van der Waals surface area (Å²) in [6, 6.07) is 13.9. The fraction of sp³-hybridized carbons (Fsp3) is 0. The normalized spacial score (nSPS) is 11.5. The Morgan fingerprint density at radius 3 is 2.67 bits per heavy atom. The van der Waals surface area contributed by atoms with Crippen LogP contribution in [0.25, 0.3) is 10.1 Å². The van der Waals surface area contributed by atoms with Crippen LogP contribution in [-0.4, -0.2) is 8.42 Å². The lowest BCUT2D eigenvalue weighted by atomic mass is 10.2. The molecule has 3 rings (SSSR count). The monoisotopic (exact) mass is 319 g/mol. The standard InChI is InChI=1S/C14H13N3O2S2/c15-16-12-3-1-2-4-14(12)21(18,19)17-11-5-6-13-10(9-11)7-8-20-13/h1-9,16-17H,15H2. The van der Waals surface area contributed by atoms with Gasteiger partial charge in [-0.05, 0) is 47.2 Å². The van der Waals surface area contributed by atoms with Gasteiger partial charge in [0.2, 0.25) is 0 Å². The molecular formula is C14H13N3O2S2. The van der Waals surface area contributed by atoms with Gasteiger partial charge in [-0.3, -0.25) is 10.6 Å². The summed E-state index contributed by atoms with van der Waals surface area (Å²) in [6.07, 6.45) is 0. The molecule has 5 nitrogen and oxygen atoms in total. The third kappa shape index (κ3) is 2.71. The van der Waals surface area contributed by atoms with Crippen molar-refractivity contribution in [2.45, 2.75) is 4.90 Å². The van der Waals surface area contributed by atoms with Gasteiger partial charge in [-0.15, -0.1) is 11.3 Å². The lowest BCUT2D eigenvalue weighted by Crippen LogP contribution is -2.17. The van der Waals surface area contributed by atoms with Crippen molar-refractivity contribution in [1.82, 2.24) is 0 Å². The number of fused-ring (bicyclic) bond motifs is 1. The van der Waals surface area contributed by atoms with Crippen molar-refractivity contribution in [3.63, 3.8) is 0 Å². The largest absolute Gasteiger partial charge is 0.323 e. The quantitative estimate of drug-likeness (QED) is 0.510. The Balaban J connectivity index is 1.98. The molecule has 0 aliphatic rings. The predicted octanol–water partition coefficient (Wildman–Crippen LogP) is 2.99. The van der Waals surface area contributed by atoms with E-state index in [1.165, 1.54) is 6.07 Å². The van der Waals surface area contributed by atoms with Crippen LogP contribution < -0.4 is 16.0 Å². The fourth-order valence-corrected chi connectivity index (χ4v) is 4.05. The lowest BCUT2D eigenvalue weighted by molar-refractivity contribution is 0.601. The first-order chi connectivity index (χ1) is 10.1. The van der Waals surface area contributed by atoms with Crippen molar-refractivity contribution in [2.75, 3.05) is 10.1 Å². The van der Waals surface area contributed by atoms with Crippen molar-refractivity contribution in [3.8, 4) is 0 Å². The number of thiophene rings is 1. The number of hydrogen-bond donors (Lipinski definition) is 3. The molecule has 0 unspecified atom stereocenters. The van der Waals surface area contributed by atoms with E-state index >= 15 is 0 Å². The second kappa shape index (κ2) is 5.36. The Morgan fingerprint density at radius 1 is 1.05 bits per heavy atom. The molecule has 0 radical (unpaired) electrons. The molecule has 0 saturated heterocycles. The van der Waals surface area contributed by atoms with E-state index in [-0.39, 0.29) is 4.90 Å². The number of hydrogen-bond acceptors (Lipinski definition) is 5. The average Bonchev–Trinajstić information content (AvgIpc) is 2.94. The maximum atomic E-state index is 12.5. The minimum atomic E-state index is -3.70. The highest BCUT2D eigenvalue weighted by Crippen LogP contribution is 2.27. The molecule has 0 saturated carbocycles. The van der Waals surface area contributed by atoms with Gasteiger partial charge in [0, 0.05) is 10.4 Å². The van der Waals surface area contributed by atoms with Crippen LogP contribution in [0, 0.1) is 0 Å². The molecule has 108 valence electrons. The Bertz CT molecular complexity index is 888. The van der Waals surface area contributed by atoms with Crippen molar-refractivity contribution in [1.29, 1.82) is 0 Å². The summed E-state index contributed by atoms with van der Waals surface area (Å²) >= 11 is 1.61. The van der Waals surface area contributed by atoms with Gasteiger partial charge in [0.15, 0.2) is 0 Å². The van der Waals surface area contributed by atoms with E-state index in [1.807, 2.05) is 23.6 Å². The smallest absolute Gasteiger partial charge is 0.264 e. The molecule has 0 bridgehead atoms. The Labute approximate surface area is 126 Å². The van der Waals surface area contributed by atoms with E-state index in [4.69, 9.17) is 5.84 Å². The number of rotatable bonds is 4. The molecule has 2 aromatic carbocycles.